The summed E-state index contributed by atoms with van der Waals surface area (Å²) in [4.78, 5) is 2.13. The molecule has 32 heavy (non-hydrogen) atoms. The van der Waals surface area contributed by atoms with Crippen molar-refractivity contribution in [2.24, 2.45) is 7.05 Å². The minimum absolute atomic E-state index is 0.321. The number of para-hydroxylation sites is 2. The fourth-order valence-corrected chi connectivity index (χ4v) is 3.89. The van der Waals surface area contributed by atoms with Gasteiger partial charge in [-0.2, -0.15) is 5.10 Å². The molecule has 3 aromatic rings. The lowest BCUT2D eigenvalue weighted by Gasteiger charge is -2.25. The van der Waals surface area contributed by atoms with Gasteiger partial charge in [-0.25, -0.2) is 4.68 Å². The summed E-state index contributed by atoms with van der Waals surface area (Å²) in [6, 6.07) is 13.6. The first kappa shape index (κ1) is 22.2. The third-order valence-corrected chi connectivity index (χ3v) is 5.71. The predicted octanol–water partition coefficient (Wildman–Crippen LogP) is 3.96. The molecule has 1 aliphatic rings. The molecule has 9 heteroatoms. The number of methoxy groups -OCH3 is 1. The summed E-state index contributed by atoms with van der Waals surface area (Å²) in [6.45, 7) is 4.17. The molecule has 1 aliphatic heterocycles. The minimum atomic E-state index is -0.321. The lowest BCUT2D eigenvalue weighted by Crippen LogP contribution is -2.25. The molecule has 0 fully saturated rings. The quantitative estimate of drug-likeness (QED) is 0.476. The van der Waals surface area contributed by atoms with E-state index in [1.165, 1.54) is 0 Å². The standard InChI is InChI=1S/C23H28N4O4S/c1-5-29-18-11-10-16(12-20(18)28-4)13-25(2)15-27-23(32)26(3)22(24-27)21-14-30-17-8-6-7-9-19(17)31-21/h6-12,21H,5,13-15H2,1-4H3/t21-/m1/s1. The molecule has 0 radical (unpaired) electrons. The number of hydrogen-bond acceptors (Lipinski definition) is 7. The SMILES string of the molecule is CCOc1ccc(CN(C)Cn2nc([C@H]3COc4ccccc4O3)n(C)c2=S)cc1OC. The molecule has 2 aromatic carbocycles. The highest BCUT2D eigenvalue weighted by atomic mass is 32.1. The maximum atomic E-state index is 6.12. The number of hydrogen-bond donors (Lipinski definition) is 0. The summed E-state index contributed by atoms with van der Waals surface area (Å²) in [6.07, 6.45) is -0.321. The molecule has 1 atom stereocenters. The molecule has 0 N–H and O–H groups in total. The molecule has 0 bridgehead atoms. The normalized spacial score (nSPS) is 15.1. The number of rotatable bonds is 8. The molecule has 8 nitrogen and oxygen atoms in total. The van der Waals surface area contributed by atoms with E-state index in [9.17, 15) is 0 Å². The lowest BCUT2D eigenvalue weighted by molar-refractivity contribution is 0.0821. The highest BCUT2D eigenvalue weighted by Gasteiger charge is 2.27. The van der Waals surface area contributed by atoms with Gasteiger partial charge < -0.3 is 23.5 Å². The zero-order valence-corrected chi connectivity index (χ0v) is 19.6. The van der Waals surface area contributed by atoms with Crippen LogP contribution in [0.3, 0.4) is 0 Å². The second-order valence-electron chi connectivity index (χ2n) is 7.64. The highest BCUT2D eigenvalue weighted by Crippen LogP contribution is 2.35. The van der Waals surface area contributed by atoms with Crippen molar-refractivity contribution < 1.29 is 18.9 Å². The van der Waals surface area contributed by atoms with Crippen molar-refractivity contribution >= 4 is 12.2 Å². The maximum absolute atomic E-state index is 6.12. The molecule has 0 aliphatic carbocycles. The van der Waals surface area contributed by atoms with Crippen LogP contribution in [0.2, 0.25) is 0 Å². The van der Waals surface area contributed by atoms with E-state index >= 15 is 0 Å². The van der Waals surface area contributed by atoms with Gasteiger partial charge in [0.15, 0.2) is 39.7 Å². The Hall–Kier alpha value is -3.04. The van der Waals surface area contributed by atoms with Crippen molar-refractivity contribution in [1.29, 1.82) is 0 Å². The van der Waals surface area contributed by atoms with Crippen LogP contribution in [0.4, 0.5) is 0 Å². The van der Waals surface area contributed by atoms with Crippen LogP contribution in [0.5, 0.6) is 23.0 Å². The first-order chi connectivity index (χ1) is 15.5. The van der Waals surface area contributed by atoms with Crippen LogP contribution in [0.15, 0.2) is 42.5 Å². The van der Waals surface area contributed by atoms with E-state index in [1.54, 1.807) is 11.8 Å². The van der Waals surface area contributed by atoms with Gasteiger partial charge in [-0.3, -0.25) is 4.90 Å². The zero-order valence-electron chi connectivity index (χ0n) is 18.8. The Morgan fingerprint density at radius 1 is 1.19 bits per heavy atom. The van der Waals surface area contributed by atoms with E-state index in [4.69, 9.17) is 36.3 Å². The lowest BCUT2D eigenvalue weighted by atomic mass is 10.2. The first-order valence-electron chi connectivity index (χ1n) is 10.5. The van der Waals surface area contributed by atoms with Crippen LogP contribution < -0.4 is 18.9 Å². The molecule has 1 aromatic heterocycles. The Labute approximate surface area is 192 Å². The van der Waals surface area contributed by atoms with E-state index in [-0.39, 0.29) is 6.10 Å². The molecule has 170 valence electrons. The third-order valence-electron chi connectivity index (χ3n) is 5.23. The molecular formula is C23H28N4O4S. The molecule has 0 spiro atoms. The Balaban J connectivity index is 1.47. The van der Waals surface area contributed by atoms with Gasteiger partial charge in [0, 0.05) is 13.6 Å². The van der Waals surface area contributed by atoms with Crippen LogP contribution >= 0.6 is 12.2 Å². The van der Waals surface area contributed by atoms with Gasteiger partial charge >= 0.3 is 0 Å². The van der Waals surface area contributed by atoms with Crippen LogP contribution in [-0.4, -0.2) is 46.6 Å². The van der Waals surface area contributed by atoms with Gasteiger partial charge in [-0.15, -0.1) is 0 Å². The summed E-state index contributed by atoms with van der Waals surface area (Å²) in [5.41, 5.74) is 1.11. The van der Waals surface area contributed by atoms with Crippen molar-refractivity contribution in [2.45, 2.75) is 26.2 Å². The average molecular weight is 457 g/mol. The monoisotopic (exact) mass is 456 g/mol. The topological polar surface area (TPSA) is 62.9 Å². The van der Waals surface area contributed by atoms with Crippen molar-refractivity contribution in [2.75, 3.05) is 27.4 Å². The summed E-state index contributed by atoms with van der Waals surface area (Å²) >= 11 is 5.63. The van der Waals surface area contributed by atoms with Crippen LogP contribution in [0, 0.1) is 4.77 Å². The average Bonchev–Trinajstić information content (AvgIpc) is 3.08. The van der Waals surface area contributed by atoms with Crippen LogP contribution in [0.1, 0.15) is 24.4 Å². The van der Waals surface area contributed by atoms with Crippen molar-refractivity contribution in [1.82, 2.24) is 19.2 Å². The van der Waals surface area contributed by atoms with Gasteiger partial charge in [-0.05, 0) is 56.0 Å². The number of nitrogens with zero attached hydrogens (tertiary/aromatic N) is 4. The van der Waals surface area contributed by atoms with Gasteiger partial charge in [-0.1, -0.05) is 18.2 Å². The van der Waals surface area contributed by atoms with Gasteiger partial charge in [0.2, 0.25) is 0 Å². The second-order valence-corrected chi connectivity index (χ2v) is 8.00. The summed E-state index contributed by atoms with van der Waals surface area (Å²) < 4.78 is 27.3. The number of aromatic nitrogens is 3. The molecule has 0 amide bonds. The van der Waals surface area contributed by atoms with E-state index in [0.717, 1.165) is 28.6 Å². The number of benzene rings is 2. The highest BCUT2D eigenvalue weighted by molar-refractivity contribution is 7.71. The van der Waals surface area contributed by atoms with Crippen LogP contribution in [-0.2, 0) is 20.3 Å². The van der Waals surface area contributed by atoms with Gasteiger partial charge in [0.1, 0.15) is 6.61 Å². The van der Waals surface area contributed by atoms with Crippen molar-refractivity contribution in [3.63, 3.8) is 0 Å². The van der Waals surface area contributed by atoms with E-state index in [1.807, 2.05) is 68.1 Å². The molecule has 0 saturated carbocycles. The van der Waals surface area contributed by atoms with E-state index in [2.05, 4.69) is 4.90 Å². The Morgan fingerprint density at radius 2 is 1.97 bits per heavy atom. The Kier molecular flexibility index (Phi) is 6.66. The number of fused-ring (bicyclic) bond motifs is 1. The molecule has 4 rings (SSSR count). The van der Waals surface area contributed by atoms with Gasteiger partial charge in [0.25, 0.3) is 0 Å². The molecule has 2 heterocycles. The molecule has 0 unspecified atom stereocenters. The fourth-order valence-electron chi connectivity index (χ4n) is 3.70. The molecule has 0 saturated heterocycles. The van der Waals surface area contributed by atoms with Crippen molar-refractivity contribution in [3.05, 3.63) is 58.6 Å². The molecular weight excluding hydrogens is 428 g/mol. The smallest absolute Gasteiger partial charge is 0.198 e. The predicted molar refractivity (Wildman–Crippen MR) is 123 cm³/mol. The third kappa shape index (κ3) is 4.58. The first-order valence-corrected chi connectivity index (χ1v) is 10.9. The minimum Gasteiger partial charge on any atom is -0.493 e. The maximum Gasteiger partial charge on any atom is 0.198 e. The second kappa shape index (κ2) is 9.62. The van der Waals surface area contributed by atoms with Gasteiger partial charge in [0.05, 0.1) is 20.4 Å². The zero-order chi connectivity index (χ0) is 22.7. The van der Waals surface area contributed by atoms with Crippen LogP contribution in [0.25, 0.3) is 0 Å². The largest absolute Gasteiger partial charge is 0.493 e. The summed E-state index contributed by atoms with van der Waals surface area (Å²) in [5, 5.41) is 4.74. The van der Waals surface area contributed by atoms with Crippen molar-refractivity contribution in [3.8, 4) is 23.0 Å². The number of ether oxygens (including phenoxy) is 4. The Morgan fingerprint density at radius 3 is 2.72 bits per heavy atom. The Bertz CT molecular complexity index is 1140. The van der Waals surface area contributed by atoms with E-state index in [0.29, 0.717) is 36.9 Å². The summed E-state index contributed by atoms with van der Waals surface area (Å²) in [5.74, 6) is 3.67. The van der Waals surface area contributed by atoms with E-state index < -0.39 is 0 Å². The fraction of sp³-hybridized carbons (Fsp3) is 0.391. The summed E-state index contributed by atoms with van der Waals surface area (Å²) in [7, 11) is 5.58.